The van der Waals surface area contributed by atoms with Crippen molar-refractivity contribution in [2.75, 3.05) is 5.32 Å². The zero-order chi connectivity index (χ0) is 14.1. The molecule has 0 bridgehead atoms. The third-order valence-corrected chi connectivity index (χ3v) is 4.20. The number of phenols is 1. The number of hydrogen-bond donors (Lipinski definition) is 2. The summed E-state index contributed by atoms with van der Waals surface area (Å²) in [4.78, 5) is 16.2. The van der Waals surface area contributed by atoms with Crippen molar-refractivity contribution in [2.24, 2.45) is 0 Å². The molecule has 0 saturated carbocycles. The number of carbonyl (C=O) groups excluding carboxylic acids is 1. The van der Waals surface area contributed by atoms with Crippen molar-refractivity contribution in [1.82, 2.24) is 4.98 Å². The SMILES string of the molecule is O=C(Nc1ncc(Br)s1)c1cc2ccccc2cc1O. The molecule has 1 amide bonds. The minimum Gasteiger partial charge on any atom is -0.507 e. The molecule has 1 heterocycles. The van der Waals surface area contributed by atoms with Gasteiger partial charge in [0.2, 0.25) is 0 Å². The van der Waals surface area contributed by atoms with Crippen LogP contribution in [0.25, 0.3) is 10.8 Å². The molecule has 1 aromatic heterocycles. The van der Waals surface area contributed by atoms with Crippen molar-refractivity contribution in [3.8, 4) is 5.75 Å². The maximum absolute atomic E-state index is 12.2. The molecule has 2 aromatic carbocycles. The fraction of sp³-hybridized carbons (Fsp3) is 0. The lowest BCUT2D eigenvalue weighted by Gasteiger charge is -2.06. The first kappa shape index (κ1) is 13.1. The van der Waals surface area contributed by atoms with Gasteiger partial charge in [0.25, 0.3) is 5.91 Å². The second-order valence-corrected chi connectivity index (χ2v) is 6.55. The Morgan fingerprint density at radius 3 is 2.60 bits per heavy atom. The Kier molecular flexibility index (Phi) is 3.42. The number of nitrogens with one attached hydrogen (secondary N) is 1. The van der Waals surface area contributed by atoms with Crippen molar-refractivity contribution in [2.45, 2.75) is 0 Å². The summed E-state index contributed by atoms with van der Waals surface area (Å²) in [7, 11) is 0. The fourth-order valence-electron chi connectivity index (χ4n) is 1.89. The first-order valence-corrected chi connectivity index (χ1v) is 7.39. The van der Waals surface area contributed by atoms with Crippen LogP contribution in [0.1, 0.15) is 10.4 Å². The minimum absolute atomic E-state index is 0.0446. The molecule has 100 valence electrons. The number of amides is 1. The molecule has 0 atom stereocenters. The highest BCUT2D eigenvalue weighted by atomic mass is 79.9. The van der Waals surface area contributed by atoms with E-state index >= 15 is 0 Å². The number of hydrogen-bond acceptors (Lipinski definition) is 4. The summed E-state index contributed by atoms with van der Waals surface area (Å²) < 4.78 is 0.829. The molecule has 0 spiro atoms. The lowest BCUT2D eigenvalue weighted by molar-refractivity contribution is 0.102. The molecule has 0 aliphatic carbocycles. The maximum Gasteiger partial charge on any atom is 0.261 e. The molecule has 2 N–H and O–H groups in total. The number of benzene rings is 2. The molecule has 0 unspecified atom stereocenters. The molecule has 0 radical (unpaired) electrons. The molecule has 0 aliphatic heterocycles. The normalized spacial score (nSPS) is 10.7. The van der Waals surface area contributed by atoms with E-state index in [9.17, 15) is 9.90 Å². The van der Waals surface area contributed by atoms with E-state index in [0.717, 1.165) is 14.6 Å². The number of nitrogens with zero attached hydrogens (tertiary/aromatic N) is 1. The van der Waals surface area contributed by atoms with Gasteiger partial charge in [-0.2, -0.15) is 0 Å². The molecule has 20 heavy (non-hydrogen) atoms. The Hall–Kier alpha value is -1.92. The summed E-state index contributed by atoms with van der Waals surface area (Å²) in [5.74, 6) is -0.424. The lowest BCUT2D eigenvalue weighted by Crippen LogP contribution is -2.11. The number of fused-ring (bicyclic) bond motifs is 1. The number of aromatic hydroxyl groups is 1. The van der Waals surface area contributed by atoms with E-state index in [1.807, 2.05) is 24.3 Å². The topological polar surface area (TPSA) is 62.2 Å². The van der Waals surface area contributed by atoms with Gasteiger partial charge in [-0.3, -0.25) is 10.1 Å². The van der Waals surface area contributed by atoms with Crippen LogP contribution in [0.3, 0.4) is 0 Å². The Labute approximate surface area is 127 Å². The van der Waals surface area contributed by atoms with Crippen LogP contribution < -0.4 is 5.32 Å². The standard InChI is InChI=1S/C14H9BrN2O2S/c15-12-7-16-14(20-12)17-13(19)10-5-8-3-1-2-4-9(8)6-11(10)18/h1-7,18H,(H,16,17,19). The lowest BCUT2D eigenvalue weighted by atomic mass is 10.1. The smallest absolute Gasteiger partial charge is 0.261 e. The summed E-state index contributed by atoms with van der Waals surface area (Å²) in [6.07, 6.45) is 1.61. The monoisotopic (exact) mass is 348 g/mol. The van der Waals surface area contributed by atoms with Crippen molar-refractivity contribution < 1.29 is 9.90 Å². The van der Waals surface area contributed by atoms with E-state index < -0.39 is 0 Å². The quantitative estimate of drug-likeness (QED) is 0.735. The average Bonchev–Trinajstić information content (AvgIpc) is 2.83. The van der Waals surface area contributed by atoms with Crippen LogP contribution >= 0.6 is 27.3 Å². The van der Waals surface area contributed by atoms with Crippen LogP contribution in [0.5, 0.6) is 5.75 Å². The molecule has 0 aliphatic rings. The summed E-state index contributed by atoms with van der Waals surface area (Å²) in [6, 6.07) is 10.8. The van der Waals surface area contributed by atoms with Crippen LogP contribution in [0.4, 0.5) is 5.13 Å². The number of phenolic OH excluding ortho intramolecular Hbond substituents is 1. The second-order valence-electron chi connectivity index (χ2n) is 4.14. The first-order chi connectivity index (χ1) is 9.63. The predicted octanol–water partition coefficient (Wildman–Crippen LogP) is 4.02. The predicted molar refractivity (Wildman–Crippen MR) is 83.4 cm³/mol. The van der Waals surface area contributed by atoms with Crippen molar-refractivity contribution in [3.05, 3.63) is 51.9 Å². The molecular formula is C14H9BrN2O2S. The molecule has 6 heteroatoms. The van der Waals surface area contributed by atoms with Gasteiger partial charge in [-0.1, -0.05) is 35.6 Å². The van der Waals surface area contributed by atoms with Gasteiger partial charge in [0, 0.05) is 0 Å². The number of rotatable bonds is 2. The number of halogens is 1. The highest BCUT2D eigenvalue weighted by Crippen LogP contribution is 2.27. The van der Waals surface area contributed by atoms with Gasteiger partial charge in [0.15, 0.2) is 5.13 Å². The number of thiazole rings is 1. The van der Waals surface area contributed by atoms with Crippen LogP contribution in [0.2, 0.25) is 0 Å². The molecule has 0 fully saturated rings. The largest absolute Gasteiger partial charge is 0.507 e. The van der Waals surface area contributed by atoms with E-state index in [1.165, 1.54) is 11.3 Å². The summed E-state index contributed by atoms with van der Waals surface area (Å²) in [6.45, 7) is 0. The highest BCUT2D eigenvalue weighted by molar-refractivity contribution is 9.11. The van der Waals surface area contributed by atoms with Gasteiger partial charge >= 0.3 is 0 Å². The molecule has 4 nitrogen and oxygen atoms in total. The van der Waals surface area contributed by atoms with E-state index in [4.69, 9.17) is 0 Å². The Bertz CT molecular complexity index is 801. The Morgan fingerprint density at radius 2 is 1.95 bits per heavy atom. The average molecular weight is 349 g/mol. The zero-order valence-corrected chi connectivity index (χ0v) is 12.5. The number of anilines is 1. The summed E-state index contributed by atoms with van der Waals surface area (Å²) in [5.41, 5.74) is 0.232. The third-order valence-electron chi connectivity index (χ3n) is 2.81. The van der Waals surface area contributed by atoms with Crippen LogP contribution in [0.15, 0.2) is 46.4 Å². The zero-order valence-electron chi connectivity index (χ0n) is 10.1. The second kappa shape index (κ2) is 5.22. The van der Waals surface area contributed by atoms with Crippen molar-refractivity contribution in [1.29, 1.82) is 0 Å². The molecule has 3 rings (SSSR count). The van der Waals surface area contributed by atoms with Crippen molar-refractivity contribution >= 4 is 49.1 Å². The van der Waals surface area contributed by atoms with Gasteiger partial charge in [-0.25, -0.2) is 4.98 Å². The van der Waals surface area contributed by atoms with Gasteiger partial charge in [0.05, 0.1) is 15.5 Å². The molecule has 0 saturated heterocycles. The van der Waals surface area contributed by atoms with Crippen LogP contribution in [-0.2, 0) is 0 Å². The van der Waals surface area contributed by atoms with Gasteiger partial charge in [-0.05, 0) is 38.8 Å². The van der Waals surface area contributed by atoms with Gasteiger partial charge in [-0.15, -0.1) is 0 Å². The maximum atomic E-state index is 12.2. The number of aromatic nitrogens is 1. The molecular weight excluding hydrogens is 340 g/mol. The van der Waals surface area contributed by atoms with Crippen LogP contribution in [0, 0.1) is 0 Å². The van der Waals surface area contributed by atoms with Crippen LogP contribution in [-0.4, -0.2) is 16.0 Å². The van der Waals surface area contributed by atoms with Gasteiger partial charge < -0.3 is 5.11 Å². The Balaban J connectivity index is 1.96. The van der Waals surface area contributed by atoms with Gasteiger partial charge in [0.1, 0.15) is 5.75 Å². The van der Waals surface area contributed by atoms with Crippen molar-refractivity contribution in [3.63, 3.8) is 0 Å². The first-order valence-electron chi connectivity index (χ1n) is 5.78. The Morgan fingerprint density at radius 1 is 1.25 bits per heavy atom. The number of carbonyl (C=O) groups is 1. The van der Waals surface area contributed by atoms with E-state index in [0.29, 0.717) is 5.13 Å². The third kappa shape index (κ3) is 2.52. The summed E-state index contributed by atoms with van der Waals surface area (Å²) in [5, 5.41) is 14.9. The fourth-order valence-corrected chi connectivity index (χ4v) is 2.99. The summed E-state index contributed by atoms with van der Waals surface area (Å²) >= 11 is 4.59. The van der Waals surface area contributed by atoms with E-state index in [-0.39, 0.29) is 17.2 Å². The van der Waals surface area contributed by atoms with E-state index in [2.05, 4.69) is 26.2 Å². The van der Waals surface area contributed by atoms with E-state index in [1.54, 1.807) is 18.3 Å². The molecule has 3 aromatic rings. The minimum atomic E-state index is -0.380. The highest BCUT2D eigenvalue weighted by Gasteiger charge is 2.14.